The van der Waals surface area contributed by atoms with E-state index < -0.39 is 95.8 Å². The molecule has 20 nitrogen and oxygen atoms in total. The maximum atomic E-state index is 12.4. The van der Waals surface area contributed by atoms with Crippen molar-refractivity contribution in [3.63, 3.8) is 0 Å². The van der Waals surface area contributed by atoms with Crippen molar-refractivity contribution in [1.82, 2.24) is 4.90 Å². The number of carbonyl (C=O) groups is 2. The predicted octanol–water partition coefficient (Wildman–Crippen LogP) is 0.901. The van der Waals surface area contributed by atoms with Crippen LogP contribution in [0.3, 0.4) is 0 Å². The number of esters is 1. The number of ether oxygens (including phenoxy) is 3. The molecule has 67 heavy (non-hydrogen) atoms. The number of allylic oxidation sites excluding steroid dienone is 2. The Morgan fingerprint density at radius 3 is 1.81 bits per heavy atom. The quantitative estimate of drug-likeness (QED) is 0.0264. The van der Waals surface area contributed by atoms with E-state index in [-0.39, 0.29) is 12.4 Å². The van der Waals surface area contributed by atoms with E-state index in [4.69, 9.17) is 44.0 Å². The molecule has 4 rings (SSSR count). The zero-order valence-corrected chi connectivity index (χ0v) is 44.5. The summed E-state index contributed by atoms with van der Waals surface area (Å²) in [6.45, 7) is 3.99. The number of hydrogen-bond acceptors (Lipinski definition) is 19. The van der Waals surface area contributed by atoms with Crippen LogP contribution in [-0.4, -0.2) is 189 Å². The Kier molecular flexibility index (Phi) is 34.9. The number of aromatic nitrogens is 1. The second-order valence-electron chi connectivity index (χ2n) is 14.8. The molecule has 1 aromatic heterocycles. The topological polar surface area (TPSA) is 316 Å². The molecular formula is C39H61F3N2Na2O18S3. The first-order valence-electron chi connectivity index (χ1n) is 21.9. The summed E-state index contributed by atoms with van der Waals surface area (Å²) in [5.74, 6) is -0.309. The van der Waals surface area contributed by atoms with Gasteiger partial charge in [-0.25, -0.2) is 13.2 Å². The molecule has 0 spiro atoms. The van der Waals surface area contributed by atoms with E-state index in [1.165, 1.54) is 99.3 Å². The molecule has 0 radical (unpaired) electrons. The van der Waals surface area contributed by atoms with Crippen LogP contribution in [0.5, 0.6) is 0 Å². The van der Waals surface area contributed by atoms with Gasteiger partial charge in [0.2, 0.25) is 0 Å². The van der Waals surface area contributed by atoms with Crippen LogP contribution < -0.4 is 4.57 Å². The number of rotatable bonds is 20. The molecule has 2 unspecified atom stereocenters. The first-order chi connectivity index (χ1) is 31.6. The minimum absolute atomic E-state index is 0.122. The maximum absolute atomic E-state index is 12.4. The first-order valence-corrected chi connectivity index (χ1v) is 33.9. The number of alkyl halides is 3. The van der Waals surface area contributed by atoms with Gasteiger partial charge in [0.25, 0.3) is 6.23 Å². The van der Waals surface area contributed by atoms with Gasteiger partial charge in [0, 0.05) is 30.5 Å². The fourth-order valence-corrected chi connectivity index (χ4v) is 6.30. The van der Waals surface area contributed by atoms with Crippen molar-refractivity contribution in [3.8, 4) is 0 Å². The van der Waals surface area contributed by atoms with E-state index in [0.717, 1.165) is 32.1 Å². The molecule has 8 atom stereocenters. The summed E-state index contributed by atoms with van der Waals surface area (Å²) in [5.41, 5.74) is -4.61. The zero-order valence-electron chi connectivity index (χ0n) is 38.0. The van der Waals surface area contributed by atoms with Gasteiger partial charge in [-0.3, -0.25) is 4.79 Å². The fraction of sp³-hybridized carbons (Fsp3) is 0.718. The van der Waals surface area contributed by atoms with E-state index >= 15 is 0 Å². The third-order valence-electron chi connectivity index (χ3n) is 9.84. The van der Waals surface area contributed by atoms with Crippen molar-refractivity contribution < 1.29 is 102 Å². The summed E-state index contributed by atoms with van der Waals surface area (Å²) in [7, 11) is -12.0. The van der Waals surface area contributed by atoms with E-state index in [0.29, 0.717) is 30.6 Å². The number of ketones is 1. The number of aliphatic hydroxyl groups is 6. The number of Topliss-reactive ketones (excluding diaryl/α,β-unsaturated/α-hetero) is 1. The fourth-order valence-electron chi connectivity index (χ4n) is 6.30. The molecule has 376 valence electrons. The Balaban J connectivity index is 0.000000986. The molecule has 2 saturated heterocycles. The average Bonchev–Trinajstić information content (AvgIpc) is 3.76. The number of aliphatic hydroxyl groups excluding tert-OH is 6. The third-order valence-corrected chi connectivity index (χ3v) is 11.3. The normalized spacial score (nSPS) is 23.2. The second kappa shape index (κ2) is 35.7. The summed E-state index contributed by atoms with van der Waals surface area (Å²) in [6, 6.07) is 3.28. The second-order valence-corrected chi connectivity index (χ2v) is 18.7. The molecule has 0 aliphatic carbocycles. The summed E-state index contributed by atoms with van der Waals surface area (Å²) < 4.78 is 113. The Bertz CT molecular complexity index is 2010. The molecule has 6 N–H and O–H groups in total. The van der Waals surface area contributed by atoms with Gasteiger partial charge < -0.3 is 54.3 Å². The van der Waals surface area contributed by atoms with Crippen molar-refractivity contribution in [3.05, 3.63) is 54.1 Å². The number of unbranched alkanes of at least 4 members (excludes halogenated alkanes) is 10. The number of pyridine rings is 1. The Morgan fingerprint density at radius 2 is 1.33 bits per heavy atom. The summed E-state index contributed by atoms with van der Waals surface area (Å²) in [5, 5.41) is 58.3. The Labute approximate surface area is 419 Å². The van der Waals surface area contributed by atoms with E-state index in [1.807, 2.05) is 6.08 Å². The third kappa shape index (κ3) is 25.0. The summed E-state index contributed by atoms with van der Waals surface area (Å²) in [4.78, 5) is 26.2. The summed E-state index contributed by atoms with van der Waals surface area (Å²) >= 11 is 2.89. The molecule has 0 bridgehead atoms. The van der Waals surface area contributed by atoms with Crippen molar-refractivity contribution in [2.75, 3.05) is 19.8 Å². The average molecular weight is 1050 g/mol. The molecule has 0 aromatic carbocycles. The van der Waals surface area contributed by atoms with Crippen LogP contribution >= 0.6 is 0 Å². The molecule has 3 aliphatic heterocycles. The standard InChI is InChI=1S/C19H30NO6.C19H31NO5.CHF3O3S.2Na.O4S2/c1-2-3-4-5-6-7-11-25-19(24)14-9-8-10-20(12-14)18-17(23)16(22)15(13-21)26-18;1-2-3-4-5-6-7-10-15(22)14-9-8-11-20(12-14)19-18(24)17(23)16(13-21)25-19;2-1(3,4)8(5,6)7;;;1-5(2)6(3)4/h8-10,12,15-18,21-23H,2-7,11,13H2,1H3;8,11-12,16-19,21,23-24H,2-7,9-10,13H2,1H3;(H,5,6,7);;;/q+1;;;;;/p-1/t15-,16+,17?,18-;16-,17+,18?,19-;;;;/m11..../s1. The van der Waals surface area contributed by atoms with Gasteiger partial charge >= 0.3 is 73.6 Å². The summed E-state index contributed by atoms with van der Waals surface area (Å²) in [6.07, 6.45) is 15.1. The zero-order chi connectivity index (χ0) is 51.3. The van der Waals surface area contributed by atoms with Gasteiger partial charge in [0.15, 0.2) is 40.6 Å². The molecular weight excluding hydrogens is 984 g/mol. The monoisotopic (exact) mass is 1040 g/mol. The van der Waals surface area contributed by atoms with E-state index in [9.17, 15) is 53.4 Å². The van der Waals surface area contributed by atoms with Gasteiger partial charge in [0.1, 0.15) is 36.1 Å². The number of carbonyl (C=O) groups excluding carboxylic acids is 2. The molecule has 3 aliphatic rings. The first kappa shape index (κ1) is 65.6. The minimum atomic E-state index is -6.09. The van der Waals surface area contributed by atoms with Crippen LogP contribution in [0.15, 0.2) is 48.6 Å². The van der Waals surface area contributed by atoms with Crippen LogP contribution in [0.2, 0.25) is 0 Å². The molecule has 1 aromatic rings. The van der Waals surface area contributed by atoms with Gasteiger partial charge in [-0.15, -0.1) is 0 Å². The van der Waals surface area contributed by atoms with Crippen molar-refractivity contribution in [1.29, 1.82) is 0 Å². The van der Waals surface area contributed by atoms with Gasteiger partial charge in [-0.1, -0.05) is 84.1 Å². The van der Waals surface area contributed by atoms with Crippen LogP contribution in [0, 0.1) is 0 Å². The molecule has 0 saturated carbocycles. The van der Waals surface area contributed by atoms with Crippen LogP contribution in [0.4, 0.5) is 13.2 Å². The number of halogens is 3. The molecule has 2 fully saturated rings. The molecule has 0 amide bonds. The SMILES string of the molecule is CCCCCCCCC(=O)C1=CN([C@@H]2O[C@H](CO)[C@H](O)C2O)C=CC1.CCCCCCCCOC(=O)c1ccc[n+]([C@@H]2O[C@H](CO)[C@H](O)C2O)c1.O=S(=O)([O-])C(F)(F)F.O=S(=O)=S(=O)=O.[Na][Na]. The van der Waals surface area contributed by atoms with E-state index in [1.54, 1.807) is 35.6 Å². The van der Waals surface area contributed by atoms with Crippen LogP contribution in [0.25, 0.3) is 0 Å². The van der Waals surface area contributed by atoms with Crippen molar-refractivity contribution >= 4 is 84.0 Å². The Hall–Kier alpha value is -1.41. The molecule has 28 heteroatoms. The van der Waals surface area contributed by atoms with Crippen molar-refractivity contribution in [2.45, 2.75) is 158 Å². The number of hydrogen-bond donors (Lipinski definition) is 6. The van der Waals surface area contributed by atoms with Crippen molar-refractivity contribution in [2.24, 2.45) is 0 Å². The van der Waals surface area contributed by atoms with Crippen LogP contribution in [-0.2, 0) is 47.7 Å². The predicted molar refractivity (Wildman–Crippen MR) is 233 cm³/mol. The van der Waals surface area contributed by atoms with Crippen LogP contribution in [0.1, 0.15) is 120 Å². The Morgan fingerprint density at radius 1 is 0.836 bits per heavy atom. The van der Waals surface area contributed by atoms with Gasteiger partial charge in [-0.05, 0) is 25.3 Å². The van der Waals surface area contributed by atoms with E-state index in [2.05, 4.69) is 13.8 Å². The molecule has 4 heterocycles. The number of nitrogens with zero attached hydrogens (tertiary/aromatic N) is 2. The van der Waals surface area contributed by atoms with Gasteiger partial charge in [0.05, 0.1) is 19.8 Å². The van der Waals surface area contributed by atoms with Gasteiger partial charge in [-0.2, -0.15) is 34.6 Å².